The molecular weight excluding hydrogens is 344 g/mol. The third-order valence-electron chi connectivity index (χ3n) is 3.81. The highest BCUT2D eigenvalue weighted by Crippen LogP contribution is 2.05. The van der Waals surface area contributed by atoms with Crippen LogP contribution >= 0.6 is 0 Å². The van der Waals surface area contributed by atoms with Gasteiger partial charge in [0.25, 0.3) is 0 Å². The van der Waals surface area contributed by atoms with Crippen LogP contribution in [0.3, 0.4) is 0 Å². The van der Waals surface area contributed by atoms with Gasteiger partial charge in [-0.15, -0.1) is 0 Å². The zero-order valence-electron chi connectivity index (χ0n) is 15.8. The van der Waals surface area contributed by atoms with E-state index in [-0.39, 0.29) is 11.8 Å². The summed E-state index contributed by atoms with van der Waals surface area (Å²) in [5.74, 6) is -3.71. The molecule has 0 spiro atoms. The van der Waals surface area contributed by atoms with Crippen LogP contribution in [0.5, 0.6) is 0 Å². The first-order valence-electron chi connectivity index (χ1n) is 8.42. The minimum Gasteiger partial charge on any atom is -0.480 e. The van der Waals surface area contributed by atoms with E-state index in [2.05, 4.69) is 16.0 Å². The van der Waals surface area contributed by atoms with Crippen molar-refractivity contribution in [3.8, 4) is 0 Å². The Morgan fingerprint density at radius 2 is 1.38 bits per heavy atom. The van der Waals surface area contributed by atoms with Crippen LogP contribution in [-0.2, 0) is 19.2 Å². The third kappa shape index (κ3) is 7.36. The number of carboxylic acid groups (broad SMARTS) is 1. The Hall–Kier alpha value is -2.20. The maximum absolute atomic E-state index is 12.4. The molecule has 0 aromatic carbocycles. The highest BCUT2D eigenvalue weighted by atomic mass is 16.4. The number of aliphatic hydroxyl groups excluding tert-OH is 1. The van der Waals surface area contributed by atoms with Crippen molar-refractivity contribution in [2.24, 2.45) is 17.6 Å². The van der Waals surface area contributed by atoms with Crippen LogP contribution in [0, 0.1) is 11.8 Å². The van der Waals surface area contributed by atoms with Gasteiger partial charge in [-0.2, -0.15) is 0 Å². The first-order chi connectivity index (χ1) is 11.9. The highest BCUT2D eigenvalue weighted by molar-refractivity contribution is 5.94. The summed E-state index contributed by atoms with van der Waals surface area (Å²) < 4.78 is 0. The fourth-order valence-electron chi connectivity index (χ4n) is 1.92. The number of hydrogen-bond acceptors (Lipinski definition) is 6. The number of nitrogens with one attached hydrogen (secondary N) is 3. The van der Waals surface area contributed by atoms with Gasteiger partial charge < -0.3 is 31.9 Å². The highest BCUT2D eigenvalue weighted by Gasteiger charge is 2.31. The van der Waals surface area contributed by atoms with Crippen molar-refractivity contribution in [2.75, 3.05) is 6.61 Å². The average molecular weight is 374 g/mol. The first-order valence-corrected chi connectivity index (χ1v) is 8.42. The Bertz CT molecular complexity index is 523. The Morgan fingerprint density at radius 1 is 0.846 bits per heavy atom. The molecule has 0 fully saturated rings. The van der Waals surface area contributed by atoms with E-state index < -0.39 is 54.5 Å². The molecule has 0 aliphatic carbocycles. The van der Waals surface area contributed by atoms with Crippen molar-refractivity contribution >= 4 is 23.7 Å². The monoisotopic (exact) mass is 374 g/mol. The molecular formula is C16H30N4O6. The molecule has 0 radical (unpaired) electrons. The molecule has 0 heterocycles. The van der Waals surface area contributed by atoms with Crippen molar-refractivity contribution in [2.45, 2.75) is 58.8 Å². The lowest BCUT2D eigenvalue weighted by Gasteiger charge is -2.26. The smallest absolute Gasteiger partial charge is 0.325 e. The number of aliphatic hydroxyl groups is 1. The second-order valence-corrected chi connectivity index (χ2v) is 6.81. The summed E-state index contributed by atoms with van der Waals surface area (Å²) in [5, 5.41) is 25.1. The van der Waals surface area contributed by atoms with Gasteiger partial charge in [0.05, 0.1) is 12.6 Å². The van der Waals surface area contributed by atoms with Gasteiger partial charge in [-0.1, -0.05) is 27.7 Å². The van der Waals surface area contributed by atoms with Crippen LogP contribution in [0.15, 0.2) is 0 Å². The molecule has 0 bridgehead atoms. The summed E-state index contributed by atoms with van der Waals surface area (Å²) in [5.41, 5.74) is 5.76. The van der Waals surface area contributed by atoms with Crippen molar-refractivity contribution < 1.29 is 29.4 Å². The van der Waals surface area contributed by atoms with Crippen LogP contribution in [0.25, 0.3) is 0 Å². The zero-order chi connectivity index (χ0) is 20.6. The topological polar surface area (TPSA) is 171 Å². The van der Waals surface area contributed by atoms with Crippen LogP contribution in [0.2, 0.25) is 0 Å². The quantitative estimate of drug-likeness (QED) is 0.261. The Morgan fingerprint density at radius 3 is 1.77 bits per heavy atom. The molecule has 0 aromatic rings. The van der Waals surface area contributed by atoms with E-state index in [1.807, 2.05) is 0 Å². The minimum atomic E-state index is -1.35. The van der Waals surface area contributed by atoms with Gasteiger partial charge in [0.15, 0.2) is 0 Å². The van der Waals surface area contributed by atoms with Crippen molar-refractivity contribution in [3.63, 3.8) is 0 Å². The predicted molar refractivity (Wildman–Crippen MR) is 93.8 cm³/mol. The van der Waals surface area contributed by atoms with Crippen molar-refractivity contribution in [1.29, 1.82) is 0 Å². The normalized spacial score (nSPS) is 15.7. The third-order valence-corrected chi connectivity index (χ3v) is 3.81. The molecule has 0 aliphatic heterocycles. The molecule has 0 saturated heterocycles. The first kappa shape index (κ1) is 23.8. The van der Waals surface area contributed by atoms with E-state index in [9.17, 15) is 24.3 Å². The molecule has 26 heavy (non-hydrogen) atoms. The number of carbonyl (C=O) groups is 4. The maximum Gasteiger partial charge on any atom is 0.325 e. The largest absolute Gasteiger partial charge is 0.480 e. The van der Waals surface area contributed by atoms with Gasteiger partial charge in [0.2, 0.25) is 17.7 Å². The number of amides is 3. The SMILES string of the molecule is CC(NC(=O)C(CO)NC(=O)C(NC(=O)C(N)C(C)C)C(C)C)C(=O)O. The van der Waals surface area contributed by atoms with Crippen LogP contribution in [-0.4, -0.2) is 64.7 Å². The lowest BCUT2D eigenvalue weighted by molar-refractivity contribution is -0.142. The Kier molecular flexibility index (Phi) is 9.81. The second-order valence-electron chi connectivity index (χ2n) is 6.81. The molecule has 0 aliphatic rings. The lowest BCUT2D eigenvalue weighted by Crippen LogP contribution is -2.59. The molecule has 7 N–H and O–H groups in total. The molecule has 10 nitrogen and oxygen atoms in total. The van der Waals surface area contributed by atoms with Gasteiger partial charge in [-0.25, -0.2) is 0 Å². The standard InChI is InChI=1S/C16H30N4O6/c1-7(2)11(17)14(23)20-12(8(3)4)15(24)19-10(6-21)13(22)18-9(5)16(25)26/h7-12,21H,6,17H2,1-5H3,(H,18,22)(H,19,24)(H,20,23)(H,25,26). The van der Waals surface area contributed by atoms with Crippen LogP contribution in [0.1, 0.15) is 34.6 Å². The molecule has 0 saturated carbocycles. The fourth-order valence-corrected chi connectivity index (χ4v) is 1.92. The second kappa shape index (κ2) is 10.7. The number of aliphatic carboxylic acids is 1. The van der Waals surface area contributed by atoms with E-state index in [0.717, 1.165) is 0 Å². The van der Waals surface area contributed by atoms with E-state index in [4.69, 9.17) is 10.8 Å². The molecule has 0 rings (SSSR count). The van der Waals surface area contributed by atoms with Crippen molar-refractivity contribution in [1.82, 2.24) is 16.0 Å². The van der Waals surface area contributed by atoms with Crippen molar-refractivity contribution in [3.05, 3.63) is 0 Å². The van der Waals surface area contributed by atoms with E-state index in [1.54, 1.807) is 27.7 Å². The number of carbonyl (C=O) groups excluding carboxylic acids is 3. The van der Waals surface area contributed by atoms with Gasteiger partial charge in [0, 0.05) is 0 Å². The fraction of sp³-hybridized carbons (Fsp3) is 0.750. The number of carboxylic acids is 1. The van der Waals surface area contributed by atoms with Crippen LogP contribution in [0.4, 0.5) is 0 Å². The summed E-state index contributed by atoms with van der Waals surface area (Å²) >= 11 is 0. The van der Waals surface area contributed by atoms with Gasteiger partial charge in [0.1, 0.15) is 18.1 Å². The maximum atomic E-state index is 12.4. The molecule has 4 atom stereocenters. The number of rotatable bonds is 10. The molecule has 4 unspecified atom stereocenters. The summed E-state index contributed by atoms with van der Waals surface area (Å²) in [7, 11) is 0. The molecule has 150 valence electrons. The van der Waals surface area contributed by atoms with Gasteiger partial charge in [-0.05, 0) is 18.8 Å². The van der Waals surface area contributed by atoms with E-state index >= 15 is 0 Å². The molecule has 3 amide bonds. The lowest BCUT2D eigenvalue weighted by atomic mass is 10.00. The number of nitrogens with two attached hydrogens (primary N) is 1. The minimum absolute atomic E-state index is 0.126. The Labute approximate surface area is 152 Å². The van der Waals surface area contributed by atoms with E-state index in [1.165, 1.54) is 6.92 Å². The summed E-state index contributed by atoms with van der Waals surface area (Å²) in [4.78, 5) is 47.3. The summed E-state index contributed by atoms with van der Waals surface area (Å²) in [6.07, 6.45) is 0. The van der Waals surface area contributed by atoms with Gasteiger partial charge in [-0.3, -0.25) is 19.2 Å². The summed E-state index contributed by atoms with van der Waals surface area (Å²) in [6.45, 7) is 7.46. The average Bonchev–Trinajstić information content (AvgIpc) is 2.55. The summed E-state index contributed by atoms with van der Waals surface area (Å²) in [6, 6.07) is -4.29. The van der Waals surface area contributed by atoms with E-state index in [0.29, 0.717) is 0 Å². The van der Waals surface area contributed by atoms with Crippen LogP contribution < -0.4 is 21.7 Å². The predicted octanol–water partition coefficient (Wildman–Crippen LogP) is -1.82. The molecule has 10 heteroatoms. The molecule has 0 aromatic heterocycles. The zero-order valence-corrected chi connectivity index (χ0v) is 15.8. The Balaban J connectivity index is 5.04. The number of hydrogen-bond donors (Lipinski definition) is 6. The van der Waals surface area contributed by atoms with Gasteiger partial charge >= 0.3 is 5.97 Å².